The molecule has 2 aromatic rings. The lowest BCUT2D eigenvalue weighted by Crippen LogP contribution is -2.43. The largest absolute Gasteiger partial charge is 0.466 e. The molecular weight excluding hydrogens is 405 g/mol. The minimum Gasteiger partial charge on any atom is -0.466 e. The van der Waals surface area contributed by atoms with Gasteiger partial charge in [0.25, 0.3) is 0 Å². The molecule has 0 bridgehead atoms. The van der Waals surface area contributed by atoms with Crippen molar-refractivity contribution in [3.05, 3.63) is 88.1 Å². The van der Waals surface area contributed by atoms with Gasteiger partial charge in [-0.05, 0) is 67.3 Å². The van der Waals surface area contributed by atoms with Crippen molar-refractivity contribution < 1.29 is 9.53 Å². The van der Waals surface area contributed by atoms with Gasteiger partial charge in [0, 0.05) is 27.9 Å². The summed E-state index contributed by atoms with van der Waals surface area (Å²) in [6, 6.07) is 15.3. The first-order valence-electron chi connectivity index (χ1n) is 9.91. The predicted octanol–water partition coefficient (Wildman–Crippen LogP) is 6.58. The standard InChI is InChI=1S/C24H23Cl2NO2/c1-2-29-24(28)22-21-6-4-3-5-17(21)15-27(20-13-11-19(26)12-14-20)23(22)16-7-9-18(25)10-8-16/h4,6-15,21-23H,2-3,5H2,1H3/t21-,22-,23-/m0/s1. The number of fused-ring (bicyclic) bond motifs is 1. The van der Waals surface area contributed by atoms with Crippen LogP contribution in [-0.4, -0.2) is 12.6 Å². The molecule has 0 amide bonds. The fourth-order valence-electron chi connectivity index (χ4n) is 4.30. The lowest BCUT2D eigenvalue weighted by molar-refractivity contribution is -0.150. The lowest BCUT2D eigenvalue weighted by atomic mass is 9.72. The first kappa shape index (κ1) is 20.1. The van der Waals surface area contributed by atoms with Crippen LogP contribution in [0.3, 0.4) is 0 Å². The minimum absolute atomic E-state index is 0.0343. The maximum atomic E-state index is 13.2. The average molecular weight is 428 g/mol. The SMILES string of the molecule is CCOC(=O)[C@H]1[C@H]2C=CCCC2=CN(c2ccc(Cl)cc2)[C@H]1c1ccc(Cl)cc1. The van der Waals surface area contributed by atoms with Gasteiger partial charge in [0.05, 0.1) is 18.6 Å². The van der Waals surface area contributed by atoms with Gasteiger partial charge in [0.15, 0.2) is 0 Å². The molecule has 4 rings (SSSR count). The zero-order chi connectivity index (χ0) is 20.4. The van der Waals surface area contributed by atoms with E-state index in [0.29, 0.717) is 16.7 Å². The van der Waals surface area contributed by atoms with Crippen LogP contribution in [0.4, 0.5) is 5.69 Å². The van der Waals surface area contributed by atoms with Crippen LogP contribution in [0.2, 0.25) is 10.0 Å². The highest BCUT2D eigenvalue weighted by atomic mass is 35.5. The third kappa shape index (κ3) is 4.08. The van der Waals surface area contributed by atoms with Gasteiger partial charge in [0.1, 0.15) is 0 Å². The quantitative estimate of drug-likeness (QED) is 0.407. The number of nitrogens with zero attached hydrogens (tertiary/aromatic N) is 1. The number of anilines is 1. The third-order valence-electron chi connectivity index (χ3n) is 5.60. The van der Waals surface area contributed by atoms with Crippen molar-refractivity contribution in [2.45, 2.75) is 25.8 Å². The van der Waals surface area contributed by atoms with Gasteiger partial charge in [-0.1, -0.05) is 47.5 Å². The van der Waals surface area contributed by atoms with E-state index in [4.69, 9.17) is 27.9 Å². The summed E-state index contributed by atoms with van der Waals surface area (Å²) in [4.78, 5) is 15.4. The molecule has 0 radical (unpaired) electrons. The van der Waals surface area contributed by atoms with Crippen LogP contribution in [0, 0.1) is 11.8 Å². The molecule has 3 nitrogen and oxygen atoms in total. The van der Waals surface area contributed by atoms with Gasteiger partial charge < -0.3 is 9.64 Å². The number of hydrogen-bond acceptors (Lipinski definition) is 3. The van der Waals surface area contributed by atoms with Crippen LogP contribution in [0.1, 0.15) is 31.4 Å². The van der Waals surface area contributed by atoms with Crippen molar-refractivity contribution in [2.24, 2.45) is 11.8 Å². The Bertz CT molecular complexity index is 934. The number of rotatable bonds is 4. The van der Waals surface area contributed by atoms with Crippen LogP contribution in [0.15, 0.2) is 72.5 Å². The first-order chi connectivity index (χ1) is 14.1. The van der Waals surface area contributed by atoms with Crippen molar-refractivity contribution in [2.75, 3.05) is 11.5 Å². The molecule has 0 spiro atoms. The summed E-state index contributed by atoms with van der Waals surface area (Å²) in [6.07, 6.45) is 8.46. The molecule has 0 N–H and O–H groups in total. The van der Waals surface area contributed by atoms with E-state index in [1.807, 2.05) is 55.5 Å². The van der Waals surface area contributed by atoms with E-state index in [1.54, 1.807) is 0 Å². The number of carbonyl (C=O) groups is 1. The number of halogens is 2. The van der Waals surface area contributed by atoms with Crippen LogP contribution in [-0.2, 0) is 9.53 Å². The van der Waals surface area contributed by atoms with E-state index in [9.17, 15) is 4.79 Å². The Labute approximate surface area is 181 Å². The number of carbonyl (C=O) groups excluding carboxylic acids is 1. The number of benzene rings is 2. The fourth-order valence-corrected chi connectivity index (χ4v) is 4.55. The van der Waals surface area contributed by atoms with Gasteiger partial charge in [-0.2, -0.15) is 0 Å². The Morgan fingerprint density at radius 1 is 1.07 bits per heavy atom. The summed E-state index contributed by atoms with van der Waals surface area (Å²) in [5.74, 6) is -0.482. The van der Waals surface area contributed by atoms with Crippen molar-refractivity contribution in [1.82, 2.24) is 0 Å². The highest BCUT2D eigenvalue weighted by molar-refractivity contribution is 6.30. The number of hydrogen-bond donors (Lipinski definition) is 0. The minimum atomic E-state index is -0.344. The molecule has 1 aliphatic heterocycles. The Morgan fingerprint density at radius 3 is 2.38 bits per heavy atom. The Hall–Kier alpha value is -2.23. The summed E-state index contributed by atoms with van der Waals surface area (Å²) in [7, 11) is 0. The molecule has 3 atom stereocenters. The molecule has 0 saturated carbocycles. The van der Waals surface area contributed by atoms with E-state index in [-0.39, 0.29) is 23.8 Å². The summed E-state index contributed by atoms with van der Waals surface area (Å²) in [5.41, 5.74) is 3.27. The van der Waals surface area contributed by atoms with Gasteiger partial charge >= 0.3 is 5.97 Å². The molecule has 1 heterocycles. The zero-order valence-electron chi connectivity index (χ0n) is 16.2. The molecule has 0 saturated heterocycles. The van der Waals surface area contributed by atoms with Crippen LogP contribution >= 0.6 is 23.2 Å². The summed E-state index contributed by atoms with van der Waals surface area (Å²) in [5, 5.41) is 1.35. The summed E-state index contributed by atoms with van der Waals surface area (Å²) in [6.45, 7) is 2.21. The molecule has 0 unspecified atom stereocenters. The molecule has 150 valence electrons. The maximum Gasteiger partial charge on any atom is 0.312 e. The van der Waals surface area contributed by atoms with Gasteiger partial charge in [0.2, 0.25) is 0 Å². The molecule has 29 heavy (non-hydrogen) atoms. The highest BCUT2D eigenvalue weighted by Crippen LogP contribution is 2.47. The average Bonchev–Trinajstić information content (AvgIpc) is 2.74. The molecule has 5 heteroatoms. The second-order valence-electron chi connectivity index (χ2n) is 7.35. The molecule has 2 aromatic carbocycles. The second kappa shape index (κ2) is 8.64. The summed E-state index contributed by atoms with van der Waals surface area (Å²) >= 11 is 12.3. The first-order valence-corrected chi connectivity index (χ1v) is 10.7. The molecule has 0 aromatic heterocycles. The van der Waals surface area contributed by atoms with Crippen LogP contribution < -0.4 is 4.90 Å². The molecule has 2 aliphatic rings. The normalized spacial score (nSPS) is 23.3. The van der Waals surface area contributed by atoms with E-state index in [2.05, 4.69) is 23.3 Å². The third-order valence-corrected chi connectivity index (χ3v) is 6.10. The lowest BCUT2D eigenvalue weighted by Gasteiger charge is -2.44. The van der Waals surface area contributed by atoms with Gasteiger partial charge in [-0.15, -0.1) is 0 Å². The van der Waals surface area contributed by atoms with E-state index in [1.165, 1.54) is 5.57 Å². The number of ether oxygens (including phenoxy) is 1. The van der Waals surface area contributed by atoms with Crippen LogP contribution in [0.25, 0.3) is 0 Å². The van der Waals surface area contributed by atoms with Crippen molar-refractivity contribution >= 4 is 34.9 Å². The molecule has 1 aliphatic carbocycles. The van der Waals surface area contributed by atoms with E-state index < -0.39 is 0 Å². The summed E-state index contributed by atoms with van der Waals surface area (Å²) < 4.78 is 5.54. The monoisotopic (exact) mass is 427 g/mol. The Balaban J connectivity index is 1.88. The Morgan fingerprint density at radius 2 is 1.72 bits per heavy atom. The number of esters is 1. The van der Waals surface area contributed by atoms with Gasteiger partial charge in [-0.3, -0.25) is 4.79 Å². The predicted molar refractivity (Wildman–Crippen MR) is 118 cm³/mol. The van der Waals surface area contributed by atoms with Crippen molar-refractivity contribution in [1.29, 1.82) is 0 Å². The van der Waals surface area contributed by atoms with E-state index >= 15 is 0 Å². The van der Waals surface area contributed by atoms with Crippen LogP contribution in [0.5, 0.6) is 0 Å². The van der Waals surface area contributed by atoms with Crippen molar-refractivity contribution in [3.8, 4) is 0 Å². The van der Waals surface area contributed by atoms with E-state index in [0.717, 1.165) is 24.1 Å². The van der Waals surface area contributed by atoms with Crippen molar-refractivity contribution in [3.63, 3.8) is 0 Å². The number of allylic oxidation sites excluding steroid dienone is 3. The smallest absolute Gasteiger partial charge is 0.312 e. The fraction of sp³-hybridized carbons (Fsp3) is 0.292. The maximum absolute atomic E-state index is 13.2. The molecular formula is C24H23Cl2NO2. The highest BCUT2D eigenvalue weighted by Gasteiger charge is 2.44. The molecule has 0 fully saturated rings. The Kier molecular flexibility index (Phi) is 5.98. The van der Waals surface area contributed by atoms with Gasteiger partial charge in [-0.25, -0.2) is 0 Å². The second-order valence-corrected chi connectivity index (χ2v) is 8.23. The zero-order valence-corrected chi connectivity index (χ0v) is 17.7. The topological polar surface area (TPSA) is 29.5 Å².